The maximum atomic E-state index is 6.16. The van der Waals surface area contributed by atoms with E-state index in [0.29, 0.717) is 0 Å². The van der Waals surface area contributed by atoms with Gasteiger partial charge in [0.25, 0.3) is 5.69 Å². The molecule has 4 rings (SSSR count). The Morgan fingerprint density at radius 1 is 1.20 bits per heavy atom. The first-order chi connectivity index (χ1) is 9.72. The minimum Gasteiger partial charge on any atom is -0.380 e. The fourth-order valence-corrected chi connectivity index (χ4v) is 2.81. The molecule has 1 atom stereocenters. The van der Waals surface area contributed by atoms with E-state index in [1.54, 1.807) is 0 Å². The number of fused-ring (bicyclic) bond motifs is 4. The van der Waals surface area contributed by atoms with Gasteiger partial charge in [-0.15, -0.1) is 4.58 Å². The highest BCUT2D eigenvalue weighted by atomic mass is 16.5. The van der Waals surface area contributed by atoms with Crippen molar-refractivity contribution in [3.63, 3.8) is 0 Å². The van der Waals surface area contributed by atoms with Crippen molar-refractivity contribution in [2.45, 2.75) is 12.9 Å². The van der Waals surface area contributed by atoms with E-state index >= 15 is 0 Å². The van der Waals surface area contributed by atoms with Gasteiger partial charge in [0.2, 0.25) is 6.54 Å². The molecule has 4 heteroatoms. The number of ether oxygens (including phenoxy) is 1. The Morgan fingerprint density at radius 3 is 2.95 bits per heavy atom. The molecular weight excluding hydrogens is 250 g/mol. The molecule has 0 radical (unpaired) electrons. The standard InChI is InChI=1S/C16H17N3O/c1-17(2)13-6-7-15-12(9-13)10-18-11-14-5-3-4-8-19(14)16(18)20-15/h3-10,16H,11H2,1-2H3/q+2. The van der Waals surface area contributed by atoms with Gasteiger partial charge in [0.1, 0.15) is 5.75 Å². The average molecular weight is 267 g/mol. The highest BCUT2D eigenvalue weighted by molar-refractivity contribution is 5.82. The van der Waals surface area contributed by atoms with Gasteiger partial charge in [0.15, 0.2) is 12.4 Å². The van der Waals surface area contributed by atoms with Gasteiger partial charge in [-0.05, 0) is 24.3 Å². The van der Waals surface area contributed by atoms with Crippen LogP contribution in [-0.4, -0.2) is 24.9 Å². The zero-order valence-corrected chi connectivity index (χ0v) is 11.7. The number of benzene rings is 1. The lowest BCUT2D eigenvalue weighted by Gasteiger charge is -2.17. The minimum absolute atomic E-state index is 0.0519. The van der Waals surface area contributed by atoms with Crippen molar-refractivity contribution in [3.8, 4) is 5.75 Å². The van der Waals surface area contributed by atoms with Crippen molar-refractivity contribution in [2.24, 2.45) is 0 Å². The lowest BCUT2D eigenvalue weighted by molar-refractivity contribution is -0.880. The zero-order chi connectivity index (χ0) is 13.7. The molecule has 100 valence electrons. The van der Waals surface area contributed by atoms with Crippen molar-refractivity contribution in [2.75, 3.05) is 19.0 Å². The fraction of sp³-hybridized carbons (Fsp3) is 0.250. The summed E-state index contributed by atoms with van der Waals surface area (Å²) in [6, 6.07) is 12.6. The van der Waals surface area contributed by atoms with Crippen LogP contribution in [0.2, 0.25) is 0 Å². The van der Waals surface area contributed by atoms with Crippen LogP contribution in [0.5, 0.6) is 5.75 Å². The van der Waals surface area contributed by atoms with E-state index in [4.69, 9.17) is 4.74 Å². The molecule has 0 aliphatic carbocycles. The molecule has 1 aromatic heterocycles. The maximum Gasteiger partial charge on any atom is 0.512 e. The van der Waals surface area contributed by atoms with Gasteiger partial charge in [-0.1, -0.05) is 4.57 Å². The molecule has 2 aliphatic heterocycles. The van der Waals surface area contributed by atoms with Crippen LogP contribution in [0.25, 0.3) is 0 Å². The van der Waals surface area contributed by atoms with E-state index in [-0.39, 0.29) is 6.35 Å². The van der Waals surface area contributed by atoms with E-state index < -0.39 is 0 Å². The van der Waals surface area contributed by atoms with Crippen LogP contribution < -0.4 is 14.2 Å². The van der Waals surface area contributed by atoms with Crippen LogP contribution >= 0.6 is 0 Å². The topological polar surface area (TPSA) is 19.4 Å². The molecule has 1 unspecified atom stereocenters. The SMILES string of the molecule is CN(C)c1ccc2c(c1)C=[N+]1Cc3cccc[n+]3C1O2. The molecule has 0 N–H and O–H groups in total. The van der Waals surface area contributed by atoms with Crippen molar-refractivity contribution < 1.29 is 13.9 Å². The van der Waals surface area contributed by atoms with E-state index in [0.717, 1.165) is 17.9 Å². The molecule has 2 aliphatic rings. The quantitative estimate of drug-likeness (QED) is 0.730. The monoisotopic (exact) mass is 267 g/mol. The maximum absolute atomic E-state index is 6.16. The number of hydrogen-bond acceptors (Lipinski definition) is 2. The smallest absolute Gasteiger partial charge is 0.380 e. The van der Waals surface area contributed by atoms with Crippen LogP contribution in [0.4, 0.5) is 5.69 Å². The molecule has 1 aromatic carbocycles. The molecule has 0 amide bonds. The Balaban J connectivity index is 1.79. The van der Waals surface area contributed by atoms with Gasteiger partial charge in [-0.2, -0.15) is 0 Å². The molecule has 3 heterocycles. The van der Waals surface area contributed by atoms with Crippen LogP contribution in [0, 0.1) is 0 Å². The van der Waals surface area contributed by atoms with E-state index in [1.807, 2.05) is 6.07 Å². The van der Waals surface area contributed by atoms with Gasteiger partial charge in [0.05, 0.1) is 5.56 Å². The van der Waals surface area contributed by atoms with E-state index in [1.165, 1.54) is 11.4 Å². The summed E-state index contributed by atoms with van der Waals surface area (Å²) >= 11 is 0. The number of hydrogen-bond donors (Lipinski definition) is 0. The average Bonchev–Trinajstić information content (AvgIpc) is 2.81. The number of aromatic nitrogens is 1. The molecule has 2 aromatic rings. The lowest BCUT2D eigenvalue weighted by Crippen LogP contribution is -2.45. The predicted molar refractivity (Wildman–Crippen MR) is 76.2 cm³/mol. The van der Waals surface area contributed by atoms with Crippen LogP contribution in [0.3, 0.4) is 0 Å². The molecule has 20 heavy (non-hydrogen) atoms. The zero-order valence-electron chi connectivity index (χ0n) is 11.7. The Bertz CT molecular complexity index is 721. The third-order valence-corrected chi connectivity index (χ3v) is 3.89. The van der Waals surface area contributed by atoms with Crippen molar-refractivity contribution in [3.05, 3.63) is 53.9 Å². The molecule has 0 saturated heterocycles. The Morgan fingerprint density at radius 2 is 2.10 bits per heavy atom. The molecular formula is C16H17N3O+2. The van der Waals surface area contributed by atoms with Crippen LogP contribution in [0.15, 0.2) is 42.6 Å². The Labute approximate surface area is 118 Å². The second-order valence-corrected chi connectivity index (χ2v) is 5.46. The predicted octanol–water partition coefficient (Wildman–Crippen LogP) is 1.53. The summed E-state index contributed by atoms with van der Waals surface area (Å²) < 4.78 is 10.6. The Kier molecular flexibility index (Phi) is 2.33. The minimum atomic E-state index is -0.0519. The third-order valence-electron chi connectivity index (χ3n) is 3.89. The summed E-state index contributed by atoms with van der Waals surface area (Å²) in [5.74, 6) is 0.945. The third kappa shape index (κ3) is 1.61. The first kappa shape index (κ1) is 11.5. The molecule has 0 bridgehead atoms. The lowest BCUT2D eigenvalue weighted by atomic mass is 10.1. The van der Waals surface area contributed by atoms with Crippen LogP contribution in [-0.2, 0) is 6.54 Å². The van der Waals surface area contributed by atoms with Crippen LogP contribution in [0.1, 0.15) is 17.6 Å². The second kappa shape index (κ2) is 4.07. The van der Waals surface area contributed by atoms with E-state index in [9.17, 15) is 0 Å². The fourth-order valence-electron chi connectivity index (χ4n) is 2.81. The number of rotatable bonds is 1. The normalized spacial score (nSPS) is 18.5. The van der Waals surface area contributed by atoms with Gasteiger partial charge >= 0.3 is 6.35 Å². The first-order valence-electron chi connectivity index (χ1n) is 6.80. The number of nitrogens with zero attached hydrogens (tertiary/aromatic N) is 3. The van der Waals surface area contributed by atoms with Gasteiger partial charge in [-0.25, -0.2) is 0 Å². The number of anilines is 1. The first-order valence-corrected chi connectivity index (χ1v) is 6.80. The number of pyridine rings is 1. The van der Waals surface area contributed by atoms with Gasteiger partial charge < -0.3 is 9.64 Å². The van der Waals surface area contributed by atoms with E-state index in [2.05, 4.69) is 70.9 Å². The largest absolute Gasteiger partial charge is 0.512 e. The molecule has 0 spiro atoms. The van der Waals surface area contributed by atoms with Crippen molar-refractivity contribution in [1.29, 1.82) is 0 Å². The Hall–Kier alpha value is -2.36. The molecule has 0 saturated carbocycles. The summed E-state index contributed by atoms with van der Waals surface area (Å²) in [6.07, 6.45) is 4.22. The summed E-state index contributed by atoms with van der Waals surface area (Å²) in [5, 5.41) is 0. The van der Waals surface area contributed by atoms with Crippen molar-refractivity contribution in [1.82, 2.24) is 0 Å². The highest BCUT2D eigenvalue weighted by Crippen LogP contribution is 2.30. The molecule has 0 fully saturated rings. The summed E-state index contributed by atoms with van der Waals surface area (Å²) in [6.45, 7) is 0.886. The van der Waals surface area contributed by atoms with Gasteiger partial charge in [0, 0.05) is 31.9 Å². The summed E-state index contributed by atoms with van der Waals surface area (Å²) in [5.41, 5.74) is 3.60. The van der Waals surface area contributed by atoms with Crippen molar-refractivity contribution >= 4 is 11.9 Å². The second-order valence-electron chi connectivity index (χ2n) is 5.46. The summed E-state index contributed by atoms with van der Waals surface area (Å²) in [7, 11) is 4.10. The molecule has 4 nitrogen and oxygen atoms in total. The van der Waals surface area contributed by atoms with Gasteiger partial charge in [-0.3, -0.25) is 0 Å². The highest BCUT2D eigenvalue weighted by Gasteiger charge is 2.45. The summed E-state index contributed by atoms with van der Waals surface area (Å²) in [4.78, 5) is 2.10.